The summed E-state index contributed by atoms with van der Waals surface area (Å²) in [4.78, 5) is 17.3. The van der Waals surface area contributed by atoms with E-state index in [4.69, 9.17) is 21.3 Å². The van der Waals surface area contributed by atoms with Crippen molar-refractivity contribution in [1.29, 1.82) is 0 Å². The van der Waals surface area contributed by atoms with Gasteiger partial charge in [-0.1, -0.05) is 29.8 Å². The summed E-state index contributed by atoms with van der Waals surface area (Å²) in [6, 6.07) is 21.0. The third kappa shape index (κ3) is 5.11. The highest BCUT2D eigenvalue weighted by molar-refractivity contribution is 6.30. The normalized spacial score (nSPS) is 11.0. The summed E-state index contributed by atoms with van der Waals surface area (Å²) in [7, 11) is 0. The zero-order valence-electron chi connectivity index (χ0n) is 18.3. The standard InChI is InChI=1S/C26H26ClN3O2/c1-18-8-13-22(16-19(18)2)32-15-5-14-30-24-7-4-3-6-23(24)29-25(30)17-28-26(31)20-9-11-21(27)12-10-20/h3-4,6-13,16H,5,14-15,17H2,1-2H3,(H,28,31). The van der Waals surface area contributed by atoms with Crippen molar-refractivity contribution in [3.63, 3.8) is 0 Å². The first-order valence-corrected chi connectivity index (χ1v) is 11.1. The number of fused-ring (bicyclic) bond motifs is 1. The van der Waals surface area contributed by atoms with Gasteiger partial charge in [-0.3, -0.25) is 4.79 Å². The number of para-hydroxylation sites is 2. The number of benzene rings is 3. The van der Waals surface area contributed by atoms with Crippen molar-refractivity contribution in [3.8, 4) is 5.75 Å². The van der Waals surface area contributed by atoms with Gasteiger partial charge in [-0.2, -0.15) is 0 Å². The van der Waals surface area contributed by atoms with Crippen LogP contribution in [0.2, 0.25) is 5.02 Å². The molecule has 0 unspecified atom stereocenters. The van der Waals surface area contributed by atoms with Gasteiger partial charge in [-0.25, -0.2) is 4.98 Å². The average molecular weight is 448 g/mol. The number of nitrogens with zero attached hydrogens (tertiary/aromatic N) is 2. The van der Waals surface area contributed by atoms with Crippen LogP contribution in [0.5, 0.6) is 5.75 Å². The van der Waals surface area contributed by atoms with Crippen LogP contribution in [0.15, 0.2) is 66.7 Å². The summed E-state index contributed by atoms with van der Waals surface area (Å²) in [5, 5.41) is 3.57. The van der Waals surface area contributed by atoms with Gasteiger partial charge >= 0.3 is 0 Å². The van der Waals surface area contributed by atoms with E-state index in [1.165, 1.54) is 11.1 Å². The maximum Gasteiger partial charge on any atom is 0.251 e. The van der Waals surface area contributed by atoms with Gasteiger partial charge in [0.2, 0.25) is 0 Å². The number of halogens is 1. The Morgan fingerprint density at radius 1 is 1.03 bits per heavy atom. The second-order valence-corrected chi connectivity index (χ2v) is 8.24. The fourth-order valence-electron chi connectivity index (χ4n) is 3.59. The van der Waals surface area contributed by atoms with E-state index in [1.807, 2.05) is 24.3 Å². The van der Waals surface area contributed by atoms with Crippen LogP contribution in [0.4, 0.5) is 0 Å². The van der Waals surface area contributed by atoms with Crippen LogP contribution in [0.3, 0.4) is 0 Å². The Kier molecular flexibility index (Phi) is 6.76. The van der Waals surface area contributed by atoms with Crippen molar-refractivity contribution in [1.82, 2.24) is 14.9 Å². The molecule has 164 valence electrons. The maximum absolute atomic E-state index is 12.5. The Hall–Kier alpha value is -3.31. The molecule has 0 saturated heterocycles. The molecule has 0 radical (unpaired) electrons. The van der Waals surface area contributed by atoms with Crippen molar-refractivity contribution in [3.05, 3.63) is 94.3 Å². The van der Waals surface area contributed by atoms with E-state index in [9.17, 15) is 4.79 Å². The molecule has 5 nitrogen and oxygen atoms in total. The number of rotatable bonds is 8. The van der Waals surface area contributed by atoms with E-state index in [1.54, 1.807) is 24.3 Å². The maximum atomic E-state index is 12.5. The first-order chi connectivity index (χ1) is 15.5. The summed E-state index contributed by atoms with van der Waals surface area (Å²) in [5.41, 5.74) is 5.01. The molecule has 0 aliphatic heterocycles. The molecule has 0 bridgehead atoms. The molecule has 0 aliphatic rings. The topological polar surface area (TPSA) is 56.1 Å². The predicted molar refractivity (Wildman–Crippen MR) is 128 cm³/mol. The van der Waals surface area contributed by atoms with E-state index in [2.05, 4.69) is 41.9 Å². The van der Waals surface area contributed by atoms with Gasteiger partial charge in [-0.15, -0.1) is 0 Å². The number of imidazole rings is 1. The summed E-state index contributed by atoms with van der Waals surface area (Å²) in [6.45, 7) is 5.87. The second-order valence-electron chi connectivity index (χ2n) is 7.81. The number of hydrogen-bond acceptors (Lipinski definition) is 3. The quantitative estimate of drug-likeness (QED) is 0.352. The van der Waals surface area contributed by atoms with Gasteiger partial charge < -0.3 is 14.6 Å². The average Bonchev–Trinajstić information content (AvgIpc) is 3.15. The van der Waals surface area contributed by atoms with Gasteiger partial charge in [0.25, 0.3) is 5.91 Å². The molecule has 0 saturated carbocycles. The van der Waals surface area contributed by atoms with E-state index >= 15 is 0 Å². The number of amides is 1. The summed E-state index contributed by atoms with van der Waals surface area (Å²) in [6.07, 6.45) is 0.825. The molecule has 4 aromatic rings. The fraction of sp³-hybridized carbons (Fsp3) is 0.231. The van der Waals surface area contributed by atoms with Gasteiger partial charge in [-0.05, 0) is 79.9 Å². The van der Waals surface area contributed by atoms with Gasteiger partial charge in [0.1, 0.15) is 11.6 Å². The number of aromatic nitrogens is 2. The minimum Gasteiger partial charge on any atom is -0.494 e. The zero-order chi connectivity index (χ0) is 22.5. The molecule has 0 atom stereocenters. The van der Waals surface area contributed by atoms with E-state index in [0.29, 0.717) is 23.7 Å². The predicted octanol–water partition coefficient (Wildman–Crippen LogP) is 5.71. The molecule has 0 aliphatic carbocycles. The molecule has 0 spiro atoms. The largest absolute Gasteiger partial charge is 0.494 e. The molecule has 32 heavy (non-hydrogen) atoms. The SMILES string of the molecule is Cc1ccc(OCCCn2c(CNC(=O)c3ccc(Cl)cc3)nc3ccccc32)cc1C. The molecule has 0 fully saturated rings. The Labute approximate surface area is 193 Å². The van der Waals surface area contributed by atoms with Gasteiger partial charge in [0.15, 0.2) is 0 Å². The number of hydrogen-bond donors (Lipinski definition) is 1. The lowest BCUT2D eigenvalue weighted by atomic mass is 10.1. The first kappa shape index (κ1) is 21.9. The molecule has 6 heteroatoms. The number of carbonyl (C=O) groups excluding carboxylic acids is 1. The van der Waals surface area contributed by atoms with Gasteiger partial charge in [0.05, 0.1) is 24.2 Å². The molecule has 1 amide bonds. The molecule has 1 heterocycles. The highest BCUT2D eigenvalue weighted by Gasteiger charge is 2.12. The molecular weight excluding hydrogens is 422 g/mol. The highest BCUT2D eigenvalue weighted by atomic mass is 35.5. The van der Waals surface area contributed by atoms with Crippen molar-refractivity contribution in [2.45, 2.75) is 33.4 Å². The fourth-order valence-corrected chi connectivity index (χ4v) is 3.71. The van der Waals surface area contributed by atoms with Crippen LogP contribution in [0, 0.1) is 13.8 Å². The lowest BCUT2D eigenvalue weighted by Crippen LogP contribution is -2.25. The van der Waals surface area contributed by atoms with E-state index < -0.39 is 0 Å². The molecular formula is C26H26ClN3O2. The number of carbonyl (C=O) groups is 1. The van der Waals surface area contributed by atoms with Crippen molar-refractivity contribution in [2.24, 2.45) is 0 Å². The number of ether oxygens (including phenoxy) is 1. The van der Waals surface area contributed by atoms with Crippen LogP contribution in [-0.2, 0) is 13.1 Å². The first-order valence-electron chi connectivity index (χ1n) is 10.7. The molecule has 1 aromatic heterocycles. The Morgan fingerprint density at radius 3 is 2.59 bits per heavy atom. The zero-order valence-corrected chi connectivity index (χ0v) is 19.0. The minimum atomic E-state index is -0.154. The van der Waals surface area contributed by atoms with E-state index in [-0.39, 0.29) is 5.91 Å². The van der Waals surface area contributed by atoms with Crippen molar-refractivity contribution < 1.29 is 9.53 Å². The van der Waals surface area contributed by atoms with Crippen LogP contribution in [0.1, 0.15) is 33.7 Å². The summed E-state index contributed by atoms with van der Waals surface area (Å²) < 4.78 is 8.10. The Bertz CT molecular complexity index is 1230. The number of aryl methyl sites for hydroxylation is 3. The van der Waals surface area contributed by atoms with Gasteiger partial charge in [0, 0.05) is 17.1 Å². The third-order valence-electron chi connectivity index (χ3n) is 5.52. The van der Waals surface area contributed by atoms with Crippen LogP contribution < -0.4 is 10.1 Å². The van der Waals surface area contributed by atoms with Crippen molar-refractivity contribution >= 4 is 28.5 Å². The second kappa shape index (κ2) is 9.88. The smallest absolute Gasteiger partial charge is 0.251 e. The highest BCUT2D eigenvalue weighted by Crippen LogP contribution is 2.19. The lowest BCUT2D eigenvalue weighted by molar-refractivity contribution is 0.0949. The van der Waals surface area contributed by atoms with E-state index in [0.717, 1.165) is 35.6 Å². The summed E-state index contributed by atoms with van der Waals surface area (Å²) in [5.74, 6) is 1.55. The van der Waals surface area contributed by atoms with Crippen LogP contribution in [-0.4, -0.2) is 22.1 Å². The number of nitrogens with one attached hydrogen (secondary N) is 1. The monoisotopic (exact) mass is 447 g/mol. The molecule has 3 aromatic carbocycles. The molecule has 4 rings (SSSR count). The summed E-state index contributed by atoms with van der Waals surface area (Å²) >= 11 is 5.91. The Morgan fingerprint density at radius 2 is 1.81 bits per heavy atom. The van der Waals surface area contributed by atoms with Crippen molar-refractivity contribution in [2.75, 3.05) is 6.61 Å². The molecule has 1 N–H and O–H groups in total. The lowest BCUT2D eigenvalue weighted by Gasteiger charge is -2.12. The minimum absolute atomic E-state index is 0.154. The van der Waals surface area contributed by atoms with Crippen LogP contribution in [0.25, 0.3) is 11.0 Å². The third-order valence-corrected chi connectivity index (χ3v) is 5.77. The Balaban J connectivity index is 1.42. The van der Waals surface area contributed by atoms with Crippen LogP contribution >= 0.6 is 11.6 Å².